The van der Waals surface area contributed by atoms with Crippen LogP contribution in [0.4, 0.5) is 0 Å². The van der Waals surface area contributed by atoms with Crippen LogP contribution in [-0.2, 0) is 0 Å². The summed E-state index contributed by atoms with van der Waals surface area (Å²) in [6.45, 7) is 0. The van der Waals surface area contributed by atoms with Gasteiger partial charge in [0.1, 0.15) is 18.0 Å². The molecule has 0 fully saturated rings. The van der Waals surface area contributed by atoms with Gasteiger partial charge in [-0.15, -0.1) is 0 Å². The first-order valence-electron chi connectivity index (χ1n) is 8.11. The molecule has 0 spiro atoms. The summed E-state index contributed by atoms with van der Waals surface area (Å²) in [5.74, 6) is 0. The van der Waals surface area contributed by atoms with E-state index in [4.69, 9.17) is 5.26 Å². The summed E-state index contributed by atoms with van der Waals surface area (Å²) in [5, 5.41) is 13.5. The van der Waals surface area contributed by atoms with E-state index in [2.05, 4.69) is 31.8 Å². The molecule has 0 aliphatic carbocycles. The fraction of sp³-hybridized carbons (Fsp3) is 0. The number of hydrogen-bond acceptors (Lipinski definition) is 4. The molecule has 0 saturated heterocycles. The molecule has 2 aromatic carbocycles. The summed E-state index contributed by atoms with van der Waals surface area (Å²) in [4.78, 5) is 8.69. The molecule has 0 radical (unpaired) electrons. The van der Waals surface area contributed by atoms with E-state index in [-0.39, 0.29) is 0 Å². The zero-order valence-electron chi connectivity index (χ0n) is 13.6. The second-order valence-corrected chi connectivity index (χ2v) is 5.89. The van der Waals surface area contributed by atoms with E-state index >= 15 is 0 Å². The summed E-state index contributed by atoms with van der Waals surface area (Å²) in [6.07, 6.45) is 5.07. The molecule has 3 aromatic heterocycles. The van der Waals surface area contributed by atoms with Crippen molar-refractivity contribution in [2.45, 2.75) is 0 Å². The lowest BCUT2D eigenvalue weighted by Gasteiger charge is -2.08. The van der Waals surface area contributed by atoms with Gasteiger partial charge in [-0.2, -0.15) is 10.4 Å². The second-order valence-electron chi connectivity index (χ2n) is 5.89. The SMILES string of the molecule is N#Cc1cnn2c(-c3ccc(-n4cnc5ccccc54)cc3)ccnc12. The third-order valence-electron chi connectivity index (χ3n) is 4.42. The number of para-hydroxylation sites is 2. The van der Waals surface area contributed by atoms with Gasteiger partial charge in [0.25, 0.3) is 0 Å². The largest absolute Gasteiger partial charge is 0.299 e. The van der Waals surface area contributed by atoms with E-state index in [9.17, 15) is 0 Å². The van der Waals surface area contributed by atoms with Gasteiger partial charge in [-0.1, -0.05) is 24.3 Å². The van der Waals surface area contributed by atoms with Gasteiger partial charge in [0.05, 0.1) is 22.9 Å². The molecular formula is C20H12N6. The molecule has 122 valence electrons. The third-order valence-corrected chi connectivity index (χ3v) is 4.42. The van der Waals surface area contributed by atoms with E-state index in [0.29, 0.717) is 11.2 Å². The second kappa shape index (κ2) is 5.53. The van der Waals surface area contributed by atoms with E-state index < -0.39 is 0 Å². The number of benzene rings is 2. The number of nitrogens with zero attached hydrogens (tertiary/aromatic N) is 6. The maximum Gasteiger partial charge on any atom is 0.173 e. The highest BCUT2D eigenvalue weighted by atomic mass is 15.3. The van der Waals surface area contributed by atoms with Crippen LogP contribution >= 0.6 is 0 Å². The predicted octanol–water partition coefficient (Wildman–Crippen LogP) is 3.61. The molecule has 5 aromatic rings. The van der Waals surface area contributed by atoms with Crippen molar-refractivity contribution >= 4 is 16.7 Å². The monoisotopic (exact) mass is 336 g/mol. The molecule has 0 atom stereocenters. The summed E-state index contributed by atoms with van der Waals surface area (Å²) in [5.41, 5.74) is 5.98. The summed E-state index contributed by atoms with van der Waals surface area (Å²) in [6, 6.07) is 20.2. The van der Waals surface area contributed by atoms with Crippen LogP contribution < -0.4 is 0 Å². The van der Waals surface area contributed by atoms with Crippen molar-refractivity contribution in [3.8, 4) is 23.0 Å². The Balaban J connectivity index is 1.61. The van der Waals surface area contributed by atoms with Crippen molar-refractivity contribution in [1.82, 2.24) is 24.1 Å². The van der Waals surface area contributed by atoms with Crippen molar-refractivity contribution in [3.05, 3.63) is 78.9 Å². The van der Waals surface area contributed by atoms with Gasteiger partial charge in [-0.3, -0.25) is 4.57 Å². The zero-order chi connectivity index (χ0) is 17.5. The van der Waals surface area contributed by atoms with Crippen molar-refractivity contribution in [2.24, 2.45) is 0 Å². The minimum Gasteiger partial charge on any atom is -0.299 e. The molecule has 0 saturated carbocycles. The molecule has 0 aliphatic heterocycles. The summed E-state index contributed by atoms with van der Waals surface area (Å²) >= 11 is 0. The molecule has 26 heavy (non-hydrogen) atoms. The minimum absolute atomic E-state index is 0.466. The zero-order valence-corrected chi connectivity index (χ0v) is 13.6. The Morgan fingerprint density at radius 2 is 1.77 bits per heavy atom. The molecule has 6 nitrogen and oxygen atoms in total. The van der Waals surface area contributed by atoms with Gasteiger partial charge in [0.2, 0.25) is 0 Å². The van der Waals surface area contributed by atoms with E-state index in [0.717, 1.165) is 28.0 Å². The van der Waals surface area contributed by atoms with Crippen LogP contribution in [0.15, 0.2) is 73.3 Å². The summed E-state index contributed by atoms with van der Waals surface area (Å²) < 4.78 is 3.75. The van der Waals surface area contributed by atoms with Gasteiger partial charge >= 0.3 is 0 Å². The van der Waals surface area contributed by atoms with Gasteiger partial charge < -0.3 is 0 Å². The van der Waals surface area contributed by atoms with Crippen molar-refractivity contribution < 1.29 is 0 Å². The van der Waals surface area contributed by atoms with Crippen LogP contribution in [0.1, 0.15) is 5.56 Å². The maximum absolute atomic E-state index is 9.16. The summed E-state index contributed by atoms with van der Waals surface area (Å²) in [7, 11) is 0. The Morgan fingerprint density at radius 1 is 0.923 bits per heavy atom. The molecule has 0 bridgehead atoms. The number of aromatic nitrogens is 5. The molecule has 0 unspecified atom stereocenters. The highest BCUT2D eigenvalue weighted by Crippen LogP contribution is 2.24. The predicted molar refractivity (Wildman–Crippen MR) is 97.8 cm³/mol. The first-order valence-corrected chi connectivity index (χ1v) is 8.11. The number of rotatable bonds is 2. The Kier molecular flexibility index (Phi) is 3.06. The van der Waals surface area contributed by atoms with Crippen LogP contribution in [0.5, 0.6) is 0 Å². The smallest absolute Gasteiger partial charge is 0.173 e. The quantitative estimate of drug-likeness (QED) is 0.494. The van der Waals surface area contributed by atoms with Crippen LogP contribution in [0.2, 0.25) is 0 Å². The van der Waals surface area contributed by atoms with Crippen LogP contribution in [0.3, 0.4) is 0 Å². The first kappa shape index (κ1) is 14.4. The van der Waals surface area contributed by atoms with E-state index in [1.165, 1.54) is 6.20 Å². The van der Waals surface area contributed by atoms with Crippen LogP contribution in [-0.4, -0.2) is 24.1 Å². The lowest BCUT2D eigenvalue weighted by molar-refractivity contribution is 0.947. The Labute approximate surface area is 148 Å². The molecule has 5 rings (SSSR count). The topological polar surface area (TPSA) is 71.8 Å². The standard InChI is InChI=1S/C20H12N6/c21-11-15-12-24-26-18(9-10-22-20(15)26)14-5-7-16(8-6-14)25-13-23-17-3-1-2-4-19(17)25/h1-10,12-13H. The van der Waals surface area contributed by atoms with Crippen LogP contribution in [0.25, 0.3) is 33.6 Å². The fourth-order valence-electron chi connectivity index (χ4n) is 3.15. The average Bonchev–Trinajstić information content (AvgIpc) is 3.32. The fourth-order valence-corrected chi connectivity index (χ4v) is 3.15. The highest BCUT2D eigenvalue weighted by Gasteiger charge is 2.10. The Hall–Kier alpha value is -3.98. The van der Waals surface area contributed by atoms with Crippen molar-refractivity contribution in [3.63, 3.8) is 0 Å². The molecule has 0 N–H and O–H groups in total. The average molecular weight is 336 g/mol. The minimum atomic E-state index is 0.466. The Morgan fingerprint density at radius 3 is 2.62 bits per heavy atom. The lowest BCUT2D eigenvalue weighted by Crippen LogP contribution is -1.97. The number of hydrogen-bond donors (Lipinski definition) is 0. The molecule has 0 amide bonds. The Bertz CT molecular complexity index is 1290. The van der Waals surface area contributed by atoms with Gasteiger partial charge in [0, 0.05) is 17.4 Å². The lowest BCUT2D eigenvalue weighted by atomic mass is 10.1. The maximum atomic E-state index is 9.16. The van der Waals surface area contributed by atoms with Crippen LogP contribution in [0, 0.1) is 11.3 Å². The highest BCUT2D eigenvalue weighted by molar-refractivity contribution is 5.77. The first-order chi connectivity index (χ1) is 12.8. The van der Waals surface area contributed by atoms with E-state index in [1.807, 2.05) is 54.9 Å². The van der Waals surface area contributed by atoms with Crippen molar-refractivity contribution in [2.75, 3.05) is 0 Å². The molecule has 3 heterocycles. The van der Waals surface area contributed by atoms with E-state index in [1.54, 1.807) is 10.7 Å². The molecular weight excluding hydrogens is 324 g/mol. The molecule has 6 heteroatoms. The van der Waals surface area contributed by atoms with Gasteiger partial charge in [-0.25, -0.2) is 14.5 Å². The van der Waals surface area contributed by atoms with Gasteiger partial charge in [-0.05, 0) is 30.3 Å². The number of fused-ring (bicyclic) bond motifs is 2. The molecule has 0 aliphatic rings. The number of nitriles is 1. The van der Waals surface area contributed by atoms with Gasteiger partial charge in [0.15, 0.2) is 5.65 Å². The third kappa shape index (κ3) is 2.08. The normalized spacial score (nSPS) is 11.0. The number of imidazole rings is 1. The van der Waals surface area contributed by atoms with Crippen molar-refractivity contribution in [1.29, 1.82) is 5.26 Å².